The Morgan fingerprint density at radius 2 is 1.54 bits per heavy atom. The zero-order valence-corrected chi connectivity index (χ0v) is 20.4. The van der Waals surface area contributed by atoms with Gasteiger partial charge in [-0.25, -0.2) is 4.79 Å². The molecule has 0 saturated heterocycles. The predicted octanol–water partition coefficient (Wildman–Crippen LogP) is 4.56. The SMILES string of the molecule is CC(C)C(CNC(=O)OCC1c2ccccc2-c2ccccc21)C(=O)NCC1(C(=O)O)CCCC1. The summed E-state index contributed by atoms with van der Waals surface area (Å²) in [5.41, 5.74) is 3.72. The van der Waals surface area contributed by atoms with Gasteiger partial charge in [0.05, 0.1) is 11.3 Å². The smallest absolute Gasteiger partial charge is 0.407 e. The third kappa shape index (κ3) is 5.19. The second-order valence-corrected chi connectivity index (χ2v) is 10.1. The van der Waals surface area contributed by atoms with Crippen LogP contribution in [0.1, 0.15) is 56.6 Å². The number of fused-ring (bicyclic) bond motifs is 3. The van der Waals surface area contributed by atoms with Gasteiger partial charge in [-0.05, 0) is 41.0 Å². The van der Waals surface area contributed by atoms with Crippen LogP contribution in [0.2, 0.25) is 0 Å². The van der Waals surface area contributed by atoms with Crippen molar-refractivity contribution in [2.45, 2.75) is 45.4 Å². The highest BCUT2D eigenvalue weighted by Gasteiger charge is 2.42. The Hall–Kier alpha value is -3.35. The van der Waals surface area contributed by atoms with E-state index in [1.165, 1.54) is 0 Å². The largest absolute Gasteiger partial charge is 0.481 e. The molecule has 2 aliphatic carbocycles. The minimum absolute atomic E-state index is 0.0315. The van der Waals surface area contributed by atoms with Crippen LogP contribution < -0.4 is 10.6 Å². The average molecular weight is 479 g/mol. The Morgan fingerprint density at radius 3 is 2.09 bits per heavy atom. The van der Waals surface area contributed by atoms with E-state index in [4.69, 9.17) is 4.74 Å². The molecule has 1 saturated carbocycles. The summed E-state index contributed by atoms with van der Waals surface area (Å²) in [5, 5.41) is 15.2. The maximum absolute atomic E-state index is 12.9. The highest BCUT2D eigenvalue weighted by atomic mass is 16.5. The molecular weight excluding hydrogens is 444 g/mol. The van der Waals surface area contributed by atoms with Gasteiger partial charge in [0.2, 0.25) is 5.91 Å². The highest BCUT2D eigenvalue weighted by molar-refractivity contribution is 5.82. The fourth-order valence-corrected chi connectivity index (χ4v) is 5.38. The van der Waals surface area contributed by atoms with Crippen LogP contribution >= 0.6 is 0 Å². The summed E-state index contributed by atoms with van der Waals surface area (Å²) in [6.07, 6.45) is 2.31. The third-order valence-corrected chi connectivity index (χ3v) is 7.57. The zero-order chi connectivity index (χ0) is 25.0. The zero-order valence-electron chi connectivity index (χ0n) is 20.4. The van der Waals surface area contributed by atoms with Crippen molar-refractivity contribution < 1.29 is 24.2 Å². The molecule has 0 aromatic heterocycles. The molecule has 2 aromatic rings. The van der Waals surface area contributed by atoms with Gasteiger partial charge in [-0.2, -0.15) is 0 Å². The number of hydrogen-bond acceptors (Lipinski definition) is 4. The Kier molecular flexibility index (Phi) is 7.43. The van der Waals surface area contributed by atoms with Crippen LogP contribution in [-0.2, 0) is 14.3 Å². The molecule has 1 unspecified atom stereocenters. The van der Waals surface area contributed by atoms with Gasteiger partial charge in [0.1, 0.15) is 6.61 Å². The first-order valence-corrected chi connectivity index (χ1v) is 12.4. The molecule has 35 heavy (non-hydrogen) atoms. The van der Waals surface area contributed by atoms with Crippen LogP contribution in [0.25, 0.3) is 11.1 Å². The van der Waals surface area contributed by atoms with E-state index in [0.717, 1.165) is 35.1 Å². The Morgan fingerprint density at radius 1 is 0.971 bits per heavy atom. The van der Waals surface area contributed by atoms with Gasteiger partial charge in [-0.15, -0.1) is 0 Å². The summed E-state index contributed by atoms with van der Waals surface area (Å²) in [6.45, 7) is 4.27. The van der Waals surface area contributed by atoms with E-state index >= 15 is 0 Å². The Labute approximate surface area is 206 Å². The van der Waals surface area contributed by atoms with Crippen LogP contribution in [0.15, 0.2) is 48.5 Å². The lowest BCUT2D eigenvalue weighted by atomic mass is 9.85. The molecule has 4 rings (SSSR count). The van der Waals surface area contributed by atoms with E-state index in [9.17, 15) is 19.5 Å². The molecule has 1 fully saturated rings. The number of carboxylic acid groups (broad SMARTS) is 1. The molecule has 186 valence electrons. The number of carboxylic acids is 1. The van der Waals surface area contributed by atoms with Gasteiger partial charge in [-0.3, -0.25) is 9.59 Å². The van der Waals surface area contributed by atoms with E-state index in [2.05, 4.69) is 34.9 Å². The minimum Gasteiger partial charge on any atom is -0.481 e. The number of rotatable bonds is 9. The lowest BCUT2D eigenvalue weighted by Gasteiger charge is -2.27. The third-order valence-electron chi connectivity index (χ3n) is 7.57. The van der Waals surface area contributed by atoms with E-state index in [0.29, 0.717) is 12.8 Å². The van der Waals surface area contributed by atoms with Crippen molar-refractivity contribution in [3.8, 4) is 11.1 Å². The first-order chi connectivity index (χ1) is 16.8. The number of hydrogen-bond donors (Lipinski definition) is 3. The summed E-state index contributed by atoms with van der Waals surface area (Å²) >= 11 is 0. The minimum atomic E-state index is -0.878. The van der Waals surface area contributed by atoms with Crippen molar-refractivity contribution in [1.82, 2.24) is 10.6 Å². The molecule has 7 nitrogen and oxygen atoms in total. The summed E-state index contributed by atoms with van der Waals surface area (Å²) in [6, 6.07) is 16.3. The van der Waals surface area contributed by atoms with Gasteiger partial charge in [0.15, 0.2) is 0 Å². The average Bonchev–Trinajstić information content (AvgIpc) is 3.45. The van der Waals surface area contributed by atoms with Crippen LogP contribution in [0.3, 0.4) is 0 Å². The van der Waals surface area contributed by atoms with Crippen molar-refractivity contribution in [2.75, 3.05) is 19.7 Å². The monoisotopic (exact) mass is 478 g/mol. The number of nitrogens with one attached hydrogen (secondary N) is 2. The van der Waals surface area contributed by atoms with Crippen molar-refractivity contribution in [3.63, 3.8) is 0 Å². The quantitative estimate of drug-likeness (QED) is 0.490. The topological polar surface area (TPSA) is 105 Å². The molecule has 2 aromatic carbocycles. The van der Waals surface area contributed by atoms with Crippen LogP contribution in [0.5, 0.6) is 0 Å². The molecule has 7 heteroatoms. The van der Waals surface area contributed by atoms with Crippen molar-refractivity contribution >= 4 is 18.0 Å². The maximum atomic E-state index is 12.9. The van der Waals surface area contributed by atoms with E-state index in [1.54, 1.807) is 0 Å². The normalized spacial score (nSPS) is 16.9. The number of aliphatic carboxylic acids is 1. The van der Waals surface area contributed by atoms with Gasteiger partial charge in [0.25, 0.3) is 0 Å². The van der Waals surface area contributed by atoms with Gasteiger partial charge in [0, 0.05) is 19.0 Å². The standard InChI is InChI=1S/C28H34N2O5/c1-18(2)23(25(31)30-17-28(26(32)33)13-7-8-14-28)15-29-27(34)35-16-24-21-11-5-3-9-19(21)20-10-4-6-12-22(20)24/h3-6,9-12,18,23-24H,7-8,13-17H2,1-2H3,(H,29,34)(H,30,31)(H,32,33). The summed E-state index contributed by atoms with van der Waals surface area (Å²) in [5.74, 6) is -1.65. The first kappa shape index (κ1) is 24.8. The fourth-order valence-electron chi connectivity index (χ4n) is 5.38. The first-order valence-electron chi connectivity index (χ1n) is 12.4. The van der Waals surface area contributed by atoms with Crippen molar-refractivity contribution in [2.24, 2.45) is 17.3 Å². The maximum Gasteiger partial charge on any atom is 0.407 e. The molecule has 2 amide bonds. The van der Waals surface area contributed by atoms with Crippen LogP contribution in [-0.4, -0.2) is 42.8 Å². The van der Waals surface area contributed by atoms with E-state index in [-0.39, 0.29) is 37.4 Å². The molecule has 0 heterocycles. The van der Waals surface area contributed by atoms with Gasteiger partial charge >= 0.3 is 12.1 Å². The summed E-state index contributed by atoms with van der Waals surface area (Å²) in [4.78, 5) is 37.2. The Bertz CT molecular complexity index is 1040. The summed E-state index contributed by atoms with van der Waals surface area (Å²) in [7, 11) is 0. The molecule has 0 spiro atoms. The lowest BCUT2D eigenvalue weighted by Crippen LogP contribution is -2.46. The molecular formula is C28H34N2O5. The van der Waals surface area contributed by atoms with Gasteiger partial charge < -0.3 is 20.5 Å². The van der Waals surface area contributed by atoms with E-state index in [1.807, 2.05) is 38.1 Å². The highest BCUT2D eigenvalue weighted by Crippen LogP contribution is 2.44. The van der Waals surface area contributed by atoms with Crippen LogP contribution in [0.4, 0.5) is 4.79 Å². The van der Waals surface area contributed by atoms with Crippen molar-refractivity contribution in [3.05, 3.63) is 59.7 Å². The number of carbonyl (C=O) groups is 3. The number of carbonyl (C=O) groups excluding carboxylic acids is 2. The molecule has 1 atom stereocenters. The molecule has 0 aliphatic heterocycles. The molecule has 2 aliphatic rings. The van der Waals surface area contributed by atoms with Crippen LogP contribution in [0, 0.1) is 17.3 Å². The molecule has 0 radical (unpaired) electrons. The molecule has 3 N–H and O–H groups in total. The fraction of sp³-hybridized carbons (Fsp3) is 0.464. The van der Waals surface area contributed by atoms with Crippen molar-refractivity contribution in [1.29, 1.82) is 0 Å². The second kappa shape index (κ2) is 10.5. The number of benzene rings is 2. The Balaban J connectivity index is 1.31. The predicted molar refractivity (Wildman–Crippen MR) is 133 cm³/mol. The number of alkyl carbamates (subject to hydrolysis) is 1. The van der Waals surface area contributed by atoms with E-state index < -0.39 is 23.4 Å². The number of amides is 2. The van der Waals surface area contributed by atoms with Gasteiger partial charge in [-0.1, -0.05) is 75.2 Å². The lowest BCUT2D eigenvalue weighted by molar-refractivity contribution is -0.148. The number of ether oxygens (including phenoxy) is 1. The summed E-state index contributed by atoms with van der Waals surface area (Å²) < 4.78 is 5.58. The second-order valence-electron chi connectivity index (χ2n) is 10.1. The molecule has 0 bridgehead atoms.